The standard InChI is InChI=1S/C20H30N2O5S/c1-3-5-10-21(9-4-2)18(25)16-20-8-7-13(28-20)14(19(26)27)15(20)17(24)22(16)11-6-12-23/h4,13-16,23H,2-3,5-12H2,1H3,(H,26,27)/t13-,14+,15-,16?,20?/m0/s1. The molecule has 5 atom stereocenters. The first kappa shape index (κ1) is 21.2. The smallest absolute Gasteiger partial charge is 0.308 e. The largest absolute Gasteiger partial charge is 0.481 e. The number of thioether (sulfide) groups is 1. The van der Waals surface area contributed by atoms with E-state index in [1.54, 1.807) is 27.6 Å². The van der Waals surface area contributed by atoms with Gasteiger partial charge in [-0.2, -0.15) is 0 Å². The molecule has 0 radical (unpaired) electrons. The molecule has 0 aromatic rings. The highest BCUT2D eigenvalue weighted by atomic mass is 32.2. The first-order valence-corrected chi connectivity index (χ1v) is 11.0. The number of aliphatic carboxylic acids is 1. The van der Waals surface area contributed by atoms with Gasteiger partial charge < -0.3 is 20.0 Å². The highest BCUT2D eigenvalue weighted by Gasteiger charge is 2.73. The maximum absolute atomic E-state index is 13.6. The summed E-state index contributed by atoms with van der Waals surface area (Å²) in [5.74, 6) is -2.67. The molecule has 7 nitrogen and oxygen atoms in total. The molecule has 0 aromatic heterocycles. The average Bonchev–Trinajstić information content (AvgIpc) is 3.30. The highest BCUT2D eigenvalue weighted by Crippen LogP contribution is 2.66. The minimum atomic E-state index is -0.943. The van der Waals surface area contributed by atoms with Crippen LogP contribution in [0.4, 0.5) is 0 Å². The van der Waals surface area contributed by atoms with Crippen LogP contribution in [0.15, 0.2) is 12.7 Å². The van der Waals surface area contributed by atoms with Crippen LogP contribution in [0.25, 0.3) is 0 Å². The molecule has 3 rings (SSSR count). The molecule has 3 saturated heterocycles. The summed E-state index contributed by atoms with van der Waals surface area (Å²) in [7, 11) is 0. The highest BCUT2D eigenvalue weighted by molar-refractivity contribution is 8.02. The third-order valence-corrected chi connectivity index (χ3v) is 8.27. The van der Waals surface area contributed by atoms with Crippen LogP contribution in [-0.4, -0.2) is 80.1 Å². The van der Waals surface area contributed by atoms with Crippen molar-refractivity contribution in [2.24, 2.45) is 11.8 Å². The van der Waals surface area contributed by atoms with Crippen molar-refractivity contribution in [3.63, 3.8) is 0 Å². The number of amides is 2. The third-order valence-electron chi connectivity index (χ3n) is 6.32. The number of carboxylic acids is 1. The molecule has 2 amide bonds. The number of aliphatic hydroxyl groups is 1. The lowest BCUT2D eigenvalue weighted by molar-refractivity contribution is -0.148. The monoisotopic (exact) mass is 410 g/mol. The van der Waals surface area contributed by atoms with E-state index in [9.17, 15) is 24.6 Å². The second kappa shape index (κ2) is 8.45. The minimum Gasteiger partial charge on any atom is -0.481 e. The van der Waals surface area contributed by atoms with Gasteiger partial charge in [0, 0.05) is 31.5 Å². The van der Waals surface area contributed by atoms with E-state index in [1.807, 2.05) is 0 Å². The molecule has 0 aliphatic carbocycles. The van der Waals surface area contributed by atoms with E-state index < -0.39 is 28.6 Å². The molecule has 156 valence electrons. The second-order valence-electron chi connectivity index (χ2n) is 7.93. The van der Waals surface area contributed by atoms with E-state index in [-0.39, 0.29) is 30.2 Å². The number of aliphatic hydroxyl groups excluding tert-OH is 1. The van der Waals surface area contributed by atoms with E-state index >= 15 is 0 Å². The van der Waals surface area contributed by atoms with Gasteiger partial charge in [0.25, 0.3) is 0 Å². The molecule has 28 heavy (non-hydrogen) atoms. The van der Waals surface area contributed by atoms with Crippen LogP contribution in [0.2, 0.25) is 0 Å². The molecule has 3 heterocycles. The molecule has 2 bridgehead atoms. The Morgan fingerprint density at radius 2 is 2.18 bits per heavy atom. The molecular weight excluding hydrogens is 380 g/mol. The van der Waals surface area contributed by atoms with Crippen LogP contribution < -0.4 is 0 Å². The molecular formula is C20H30N2O5S. The van der Waals surface area contributed by atoms with Gasteiger partial charge in [0.15, 0.2) is 0 Å². The van der Waals surface area contributed by atoms with Crippen LogP contribution in [0.5, 0.6) is 0 Å². The summed E-state index contributed by atoms with van der Waals surface area (Å²) in [6.45, 7) is 7.02. The summed E-state index contributed by atoms with van der Waals surface area (Å²) in [4.78, 5) is 42.1. The summed E-state index contributed by atoms with van der Waals surface area (Å²) in [6, 6.07) is -0.660. The Hall–Kier alpha value is -1.54. The van der Waals surface area contributed by atoms with Crippen molar-refractivity contribution in [2.45, 2.75) is 55.1 Å². The van der Waals surface area contributed by atoms with Crippen LogP contribution in [-0.2, 0) is 14.4 Å². The summed E-state index contributed by atoms with van der Waals surface area (Å²) in [6.07, 6.45) is 5.28. The first-order valence-electron chi connectivity index (χ1n) is 10.1. The maximum atomic E-state index is 13.6. The summed E-state index contributed by atoms with van der Waals surface area (Å²) in [5, 5.41) is 18.9. The van der Waals surface area contributed by atoms with E-state index in [0.717, 1.165) is 19.3 Å². The Morgan fingerprint density at radius 3 is 2.79 bits per heavy atom. The summed E-state index contributed by atoms with van der Waals surface area (Å²) < 4.78 is -0.664. The van der Waals surface area contributed by atoms with E-state index in [1.165, 1.54) is 0 Å². The summed E-state index contributed by atoms with van der Waals surface area (Å²) >= 11 is 1.54. The predicted molar refractivity (Wildman–Crippen MR) is 107 cm³/mol. The lowest BCUT2D eigenvalue weighted by atomic mass is 9.71. The predicted octanol–water partition coefficient (Wildman–Crippen LogP) is 1.36. The van der Waals surface area contributed by atoms with Crippen molar-refractivity contribution in [3.8, 4) is 0 Å². The molecule has 0 saturated carbocycles. The van der Waals surface area contributed by atoms with Crippen molar-refractivity contribution < 1.29 is 24.6 Å². The van der Waals surface area contributed by atoms with Crippen molar-refractivity contribution >= 4 is 29.5 Å². The molecule has 3 aliphatic heterocycles. The Bertz CT molecular complexity index is 657. The van der Waals surface area contributed by atoms with Gasteiger partial charge in [-0.3, -0.25) is 14.4 Å². The first-order chi connectivity index (χ1) is 13.4. The van der Waals surface area contributed by atoms with Crippen molar-refractivity contribution in [1.29, 1.82) is 0 Å². The zero-order valence-electron chi connectivity index (χ0n) is 16.4. The Kier molecular flexibility index (Phi) is 6.39. The van der Waals surface area contributed by atoms with Crippen molar-refractivity contribution in [2.75, 3.05) is 26.2 Å². The topological polar surface area (TPSA) is 98.2 Å². The van der Waals surface area contributed by atoms with Crippen molar-refractivity contribution in [3.05, 3.63) is 12.7 Å². The van der Waals surface area contributed by atoms with Gasteiger partial charge in [0.2, 0.25) is 11.8 Å². The molecule has 3 aliphatic rings. The quantitative estimate of drug-likeness (QED) is 0.528. The number of rotatable bonds is 10. The van der Waals surface area contributed by atoms with Crippen molar-refractivity contribution in [1.82, 2.24) is 9.80 Å². The SMILES string of the molecule is C=CCN(CCCC)C(=O)C1N(CCCO)C(=O)[C@@H]2[C@H](C(=O)O)[C@@H]3CCC12S3. The van der Waals surface area contributed by atoms with E-state index in [4.69, 9.17) is 0 Å². The van der Waals surface area contributed by atoms with Crippen LogP contribution in [0.1, 0.15) is 39.0 Å². The van der Waals surface area contributed by atoms with Crippen LogP contribution in [0.3, 0.4) is 0 Å². The third kappa shape index (κ3) is 3.24. The number of fused-ring (bicyclic) bond motifs is 1. The van der Waals surface area contributed by atoms with Crippen LogP contribution >= 0.6 is 11.8 Å². The Balaban J connectivity index is 1.98. The molecule has 3 fully saturated rings. The van der Waals surface area contributed by atoms with Gasteiger partial charge in [-0.1, -0.05) is 19.4 Å². The summed E-state index contributed by atoms with van der Waals surface area (Å²) in [5.41, 5.74) is 0. The fourth-order valence-electron chi connectivity index (χ4n) is 5.16. The van der Waals surface area contributed by atoms with Gasteiger partial charge in [0.05, 0.1) is 16.6 Å². The molecule has 2 unspecified atom stereocenters. The number of carbonyl (C=O) groups is 3. The lowest BCUT2D eigenvalue weighted by Gasteiger charge is -2.37. The normalized spacial score (nSPS) is 33.2. The van der Waals surface area contributed by atoms with Gasteiger partial charge in [-0.05, 0) is 25.7 Å². The number of hydrogen-bond acceptors (Lipinski definition) is 5. The number of carboxylic acid groups (broad SMARTS) is 1. The average molecular weight is 411 g/mol. The molecule has 0 aromatic carbocycles. The van der Waals surface area contributed by atoms with Crippen LogP contribution in [0, 0.1) is 11.8 Å². The zero-order chi connectivity index (χ0) is 20.5. The van der Waals surface area contributed by atoms with Gasteiger partial charge in [-0.15, -0.1) is 18.3 Å². The van der Waals surface area contributed by atoms with E-state index in [2.05, 4.69) is 13.5 Å². The van der Waals surface area contributed by atoms with Gasteiger partial charge in [-0.25, -0.2) is 0 Å². The fourth-order valence-corrected chi connectivity index (χ4v) is 7.37. The molecule has 2 N–H and O–H groups in total. The van der Waals surface area contributed by atoms with E-state index in [0.29, 0.717) is 25.9 Å². The number of hydrogen-bond donors (Lipinski definition) is 2. The zero-order valence-corrected chi connectivity index (χ0v) is 17.2. The molecule has 1 spiro atoms. The minimum absolute atomic E-state index is 0.0767. The van der Waals surface area contributed by atoms with Gasteiger partial charge in [0.1, 0.15) is 6.04 Å². The number of nitrogens with zero attached hydrogens (tertiary/aromatic N) is 2. The Morgan fingerprint density at radius 1 is 1.43 bits per heavy atom. The lowest BCUT2D eigenvalue weighted by Crippen LogP contribution is -2.55. The second-order valence-corrected chi connectivity index (χ2v) is 9.53. The fraction of sp³-hybridized carbons (Fsp3) is 0.750. The molecule has 8 heteroatoms. The maximum Gasteiger partial charge on any atom is 0.308 e. The Labute approximate surface area is 170 Å². The number of unbranched alkanes of at least 4 members (excludes halogenated alkanes) is 1. The van der Waals surface area contributed by atoms with Gasteiger partial charge >= 0.3 is 5.97 Å². The number of carbonyl (C=O) groups excluding carboxylic acids is 2. The number of likely N-dealkylation sites (tertiary alicyclic amines) is 1.